The van der Waals surface area contributed by atoms with Crippen molar-refractivity contribution in [3.8, 4) is 0 Å². The number of hydrogen-bond acceptors (Lipinski definition) is 5. The number of aryl methyl sites for hydroxylation is 2. The summed E-state index contributed by atoms with van der Waals surface area (Å²) < 4.78 is 1.31. The molecule has 3 aromatic rings. The van der Waals surface area contributed by atoms with Gasteiger partial charge in [0.25, 0.3) is 5.91 Å². The number of piperazine rings is 1. The first kappa shape index (κ1) is 22.7. The van der Waals surface area contributed by atoms with Crippen LogP contribution in [0.3, 0.4) is 0 Å². The fourth-order valence-corrected chi connectivity index (χ4v) is 5.26. The molecule has 6 heteroatoms. The Balaban J connectivity index is 1.25. The van der Waals surface area contributed by atoms with Gasteiger partial charge in [0, 0.05) is 44.8 Å². The normalized spacial score (nSPS) is 15.3. The average molecular weight is 451 g/mol. The van der Waals surface area contributed by atoms with Crippen molar-refractivity contribution in [2.45, 2.75) is 40.0 Å². The van der Waals surface area contributed by atoms with Gasteiger partial charge in [-0.1, -0.05) is 56.4 Å². The zero-order chi connectivity index (χ0) is 22.9. The quantitative estimate of drug-likeness (QED) is 0.609. The third kappa shape index (κ3) is 4.97. The molecule has 32 heavy (non-hydrogen) atoms. The predicted octanol–water partition coefficient (Wildman–Crippen LogP) is 4.76. The number of nitrogens with zero attached hydrogens (tertiary/aromatic N) is 3. The second-order valence-electron chi connectivity index (χ2n) is 9.79. The zero-order valence-corrected chi connectivity index (χ0v) is 20.7. The molecule has 0 atom stereocenters. The van der Waals surface area contributed by atoms with E-state index in [-0.39, 0.29) is 11.3 Å². The largest absolute Gasteiger partial charge is 0.351 e. The van der Waals surface area contributed by atoms with Crippen molar-refractivity contribution in [3.05, 3.63) is 58.7 Å². The Morgan fingerprint density at radius 2 is 1.66 bits per heavy atom. The molecule has 1 saturated heterocycles. The first-order chi connectivity index (χ1) is 15.2. The Morgan fingerprint density at radius 1 is 1.00 bits per heavy atom. The number of hydrogen-bond donors (Lipinski definition) is 1. The van der Waals surface area contributed by atoms with E-state index < -0.39 is 0 Å². The summed E-state index contributed by atoms with van der Waals surface area (Å²) in [5.41, 5.74) is 5.76. The molecule has 0 radical (unpaired) electrons. The van der Waals surface area contributed by atoms with Crippen LogP contribution < -0.4 is 10.2 Å². The van der Waals surface area contributed by atoms with Gasteiger partial charge in [-0.25, -0.2) is 4.98 Å². The number of anilines is 1. The number of amides is 1. The number of rotatable bonds is 5. The fourth-order valence-electron chi connectivity index (χ4n) is 4.10. The number of benzene rings is 2. The molecule has 1 N–H and O–H groups in total. The van der Waals surface area contributed by atoms with Crippen LogP contribution >= 0.6 is 11.3 Å². The molecule has 4 rings (SSSR count). The zero-order valence-electron chi connectivity index (χ0n) is 19.9. The van der Waals surface area contributed by atoms with Crippen molar-refractivity contribution in [2.75, 3.05) is 44.2 Å². The summed E-state index contributed by atoms with van der Waals surface area (Å²) in [7, 11) is 0. The molecule has 2 aromatic carbocycles. The van der Waals surface area contributed by atoms with Crippen LogP contribution in [0.15, 0.2) is 36.4 Å². The van der Waals surface area contributed by atoms with E-state index in [1.54, 1.807) is 11.3 Å². The van der Waals surface area contributed by atoms with Crippen molar-refractivity contribution in [3.63, 3.8) is 0 Å². The summed E-state index contributed by atoms with van der Waals surface area (Å²) in [5.74, 6) is 0.00399. The third-order valence-corrected chi connectivity index (χ3v) is 7.55. The van der Waals surface area contributed by atoms with E-state index in [9.17, 15) is 4.79 Å². The van der Waals surface area contributed by atoms with Gasteiger partial charge in [0.1, 0.15) is 0 Å². The molecule has 0 spiro atoms. The van der Waals surface area contributed by atoms with Gasteiger partial charge in [-0.15, -0.1) is 0 Å². The van der Waals surface area contributed by atoms with E-state index in [0.717, 1.165) is 48.9 Å². The highest BCUT2D eigenvalue weighted by atomic mass is 32.1. The smallest absolute Gasteiger partial charge is 0.251 e. The Morgan fingerprint density at radius 3 is 2.28 bits per heavy atom. The van der Waals surface area contributed by atoms with Crippen molar-refractivity contribution in [1.29, 1.82) is 0 Å². The van der Waals surface area contributed by atoms with E-state index in [0.29, 0.717) is 6.54 Å². The van der Waals surface area contributed by atoms with Gasteiger partial charge in [-0.05, 0) is 48.1 Å². The van der Waals surface area contributed by atoms with Crippen molar-refractivity contribution >= 4 is 32.6 Å². The SMILES string of the molecule is Cc1ccc(C)c2sc(N3CCN(CCNC(=O)c4ccc(C(C)(C)C)cc4)CC3)nc12. The Hall–Kier alpha value is -2.44. The van der Waals surface area contributed by atoms with E-state index in [1.807, 2.05) is 12.1 Å². The summed E-state index contributed by atoms with van der Waals surface area (Å²) >= 11 is 1.81. The summed E-state index contributed by atoms with van der Waals surface area (Å²) in [5, 5.41) is 4.20. The van der Waals surface area contributed by atoms with Crippen LogP contribution in [-0.2, 0) is 5.41 Å². The van der Waals surface area contributed by atoms with Gasteiger partial charge >= 0.3 is 0 Å². The second kappa shape index (κ2) is 9.20. The van der Waals surface area contributed by atoms with Crippen molar-refractivity contribution < 1.29 is 4.79 Å². The standard InChI is InChI=1S/C26H34N4OS/c1-18-6-7-19(2)23-22(18)28-25(32-23)30-16-14-29(15-17-30)13-12-27-24(31)20-8-10-21(11-9-20)26(3,4)5/h6-11H,12-17H2,1-5H3,(H,27,31). The third-order valence-electron chi connectivity index (χ3n) is 6.30. The molecule has 0 bridgehead atoms. The minimum atomic E-state index is 0.00399. The van der Waals surface area contributed by atoms with Crippen LogP contribution in [0.25, 0.3) is 10.2 Å². The minimum Gasteiger partial charge on any atom is -0.351 e. The number of carbonyl (C=O) groups excluding carboxylic acids is 1. The molecule has 0 unspecified atom stereocenters. The molecule has 1 aliphatic rings. The van der Waals surface area contributed by atoms with Gasteiger partial charge < -0.3 is 10.2 Å². The Labute approximate surface area is 195 Å². The number of nitrogens with one attached hydrogen (secondary N) is 1. The lowest BCUT2D eigenvalue weighted by atomic mass is 9.87. The monoisotopic (exact) mass is 450 g/mol. The van der Waals surface area contributed by atoms with Crippen LogP contribution in [-0.4, -0.2) is 55.1 Å². The van der Waals surface area contributed by atoms with E-state index >= 15 is 0 Å². The first-order valence-electron chi connectivity index (χ1n) is 11.4. The number of carbonyl (C=O) groups is 1. The van der Waals surface area contributed by atoms with Crippen molar-refractivity contribution in [1.82, 2.24) is 15.2 Å². The van der Waals surface area contributed by atoms with Crippen molar-refractivity contribution in [2.24, 2.45) is 0 Å². The molecule has 1 fully saturated rings. The molecule has 0 aliphatic carbocycles. The topological polar surface area (TPSA) is 48.5 Å². The van der Waals surface area contributed by atoms with Crippen LogP contribution in [0, 0.1) is 13.8 Å². The minimum absolute atomic E-state index is 0.00399. The van der Waals surface area contributed by atoms with E-state index in [1.165, 1.54) is 21.4 Å². The Bertz CT molecular complexity index is 1050. The maximum Gasteiger partial charge on any atom is 0.251 e. The molecular weight excluding hydrogens is 416 g/mol. The summed E-state index contributed by atoms with van der Waals surface area (Å²) in [6.07, 6.45) is 0. The van der Waals surface area contributed by atoms with E-state index in [4.69, 9.17) is 4.98 Å². The molecule has 1 amide bonds. The van der Waals surface area contributed by atoms with Crippen LogP contribution in [0.4, 0.5) is 5.13 Å². The van der Waals surface area contributed by atoms with Gasteiger partial charge in [-0.3, -0.25) is 9.69 Å². The van der Waals surface area contributed by atoms with Gasteiger partial charge in [-0.2, -0.15) is 0 Å². The predicted molar refractivity (Wildman–Crippen MR) is 135 cm³/mol. The van der Waals surface area contributed by atoms with Crippen LogP contribution in [0.1, 0.15) is 47.8 Å². The van der Waals surface area contributed by atoms with Crippen LogP contribution in [0.2, 0.25) is 0 Å². The maximum absolute atomic E-state index is 12.5. The molecule has 0 saturated carbocycles. The molecule has 2 heterocycles. The number of thiazole rings is 1. The lowest BCUT2D eigenvalue weighted by Crippen LogP contribution is -2.48. The molecular formula is C26H34N4OS. The average Bonchev–Trinajstić information content (AvgIpc) is 3.23. The van der Waals surface area contributed by atoms with Gasteiger partial charge in [0.15, 0.2) is 5.13 Å². The lowest BCUT2D eigenvalue weighted by Gasteiger charge is -2.34. The molecule has 170 valence electrons. The van der Waals surface area contributed by atoms with E-state index in [2.05, 4.69) is 74.0 Å². The van der Waals surface area contributed by atoms with Gasteiger partial charge in [0.05, 0.1) is 10.2 Å². The highest BCUT2D eigenvalue weighted by Crippen LogP contribution is 2.33. The number of fused-ring (bicyclic) bond motifs is 1. The maximum atomic E-state index is 12.5. The second-order valence-corrected chi connectivity index (χ2v) is 10.8. The highest BCUT2D eigenvalue weighted by Gasteiger charge is 2.21. The molecule has 1 aromatic heterocycles. The summed E-state index contributed by atoms with van der Waals surface area (Å²) in [4.78, 5) is 22.2. The highest BCUT2D eigenvalue weighted by molar-refractivity contribution is 7.22. The number of aromatic nitrogens is 1. The fraction of sp³-hybridized carbons (Fsp3) is 0.462. The Kier molecular flexibility index (Phi) is 6.54. The lowest BCUT2D eigenvalue weighted by molar-refractivity contribution is 0.0947. The first-order valence-corrected chi connectivity index (χ1v) is 12.3. The molecule has 1 aliphatic heterocycles. The molecule has 5 nitrogen and oxygen atoms in total. The summed E-state index contributed by atoms with van der Waals surface area (Å²) in [6.45, 7) is 16.3. The van der Waals surface area contributed by atoms with Crippen LogP contribution in [0.5, 0.6) is 0 Å². The summed E-state index contributed by atoms with van der Waals surface area (Å²) in [6, 6.07) is 12.3. The van der Waals surface area contributed by atoms with Gasteiger partial charge in [0.2, 0.25) is 0 Å².